The Morgan fingerprint density at radius 1 is 1.10 bits per heavy atom. The molecule has 8 nitrogen and oxygen atoms in total. The Morgan fingerprint density at radius 2 is 1.83 bits per heavy atom. The second-order valence-corrected chi connectivity index (χ2v) is 6.69. The molecule has 1 aromatic heterocycles. The number of imide groups is 1. The fourth-order valence-corrected chi connectivity index (χ4v) is 3.46. The zero-order valence-electron chi connectivity index (χ0n) is 15.7. The van der Waals surface area contributed by atoms with E-state index in [-0.39, 0.29) is 17.3 Å². The Bertz CT molecular complexity index is 1160. The van der Waals surface area contributed by atoms with Crippen LogP contribution in [0.2, 0.25) is 0 Å². The summed E-state index contributed by atoms with van der Waals surface area (Å²) in [6.07, 6.45) is 3.59. The molecule has 0 bridgehead atoms. The first-order valence-electron chi connectivity index (χ1n) is 9.13. The molecule has 0 aliphatic carbocycles. The Morgan fingerprint density at radius 3 is 2.48 bits per heavy atom. The first-order chi connectivity index (χ1) is 14.0. The van der Waals surface area contributed by atoms with Crippen molar-refractivity contribution < 1.29 is 14.5 Å². The molecule has 1 N–H and O–H groups in total. The van der Waals surface area contributed by atoms with Gasteiger partial charge >= 0.3 is 6.03 Å². The van der Waals surface area contributed by atoms with Crippen molar-refractivity contribution in [3.63, 3.8) is 0 Å². The van der Waals surface area contributed by atoms with E-state index in [0.29, 0.717) is 13.1 Å². The number of nitro groups is 1. The predicted octanol–water partition coefficient (Wildman–Crippen LogP) is 3.51. The van der Waals surface area contributed by atoms with Crippen molar-refractivity contribution in [1.82, 2.24) is 14.8 Å². The number of rotatable bonds is 5. The SMILES string of the molecule is CCN1C(=O)N/C(=C/c2cn(Cc3ccc([N+](=O)[O-])cc3)c3ccccc23)C1=O. The van der Waals surface area contributed by atoms with E-state index in [1.54, 1.807) is 25.1 Å². The maximum atomic E-state index is 12.4. The van der Waals surface area contributed by atoms with Crippen LogP contribution < -0.4 is 5.32 Å². The Labute approximate surface area is 166 Å². The van der Waals surface area contributed by atoms with Gasteiger partial charge in [-0.05, 0) is 24.6 Å². The highest BCUT2D eigenvalue weighted by atomic mass is 16.6. The van der Waals surface area contributed by atoms with Gasteiger partial charge in [0.05, 0.1) is 4.92 Å². The van der Waals surface area contributed by atoms with Gasteiger partial charge in [-0.3, -0.25) is 19.8 Å². The third-order valence-electron chi connectivity index (χ3n) is 4.90. The summed E-state index contributed by atoms with van der Waals surface area (Å²) in [6, 6.07) is 13.8. The standard InChI is InChI=1S/C21H18N4O4/c1-2-24-20(26)18(22-21(24)27)11-15-13-23(19-6-4-3-5-17(15)19)12-14-7-9-16(10-8-14)25(28)29/h3-11,13H,2,12H2,1H3,(H,22,27)/b18-11+. The number of likely N-dealkylation sites (N-methyl/N-ethyl adjacent to an activating group) is 1. The molecule has 146 valence electrons. The molecule has 8 heteroatoms. The first-order valence-corrected chi connectivity index (χ1v) is 9.13. The molecule has 0 saturated carbocycles. The summed E-state index contributed by atoms with van der Waals surface area (Å²) in [5.41, 5.74) is 2.98. The van der Waals surface area contributed by atoms with Crippen LogP contribution in [0, 0.1) is 10.1 Å². The van der Waals surface area contributed by atoms with Crippen LogP contribution >= 0.6 is 0 Å². The molecule has 1 saturated heterocycles. The Hall–Kier alpha value is -3.94. The van der Waals surface area contributed by atoms with Gasteiger partial charge in [0.15, 0.2) is 0 Å². The Kier molecular flexibility index (Phi) is 4.59. The van der Waals surface area contributed by atoms with Gasteiger partial charge in [0, 0.05) is 47.9 Å². The molecule has 2 aromatic carbocycles. The lowest BCUT2D eigenvalue weighted by atomic mass is 10.1. The maximum absolute atomic E-state index is 12.4. The number of nitrogens with zero attached hydrogens (tertiary/aromatic N) is 3. The molecule has 0 unspecified atom stereocenters. The number of nitro benzene ring substituents is 1. The van der Waals surface area contributed by atoms with E-state index in [1.165, 1.54) is 12.1 Å². The third kappa shape index (κ3) is 3.36. The number of carbonyl (C=O) groups is 2. The van der Waals surface area contributed by atoms with Crippen LogP contribution in [-0.2, 0) is 11.3 Å². The van der Waals surface area contributed by atoms with Crippen molar-refractivity contribution in [3.8, 4) is 0 Å². The van der Waals surface area contributed by atoms with Crippen LogP contribution in [0.25, 0.3) is 17.0 Å². The minimum atomic E-state index is -0.425. The summed E-state index contributed by atoms with van der Waals surface area (Å²) in [5, 5.41) is 14.4. The highest BCUT2D eigenvalue weighted by Crippen LogP contribution is 2.26. The van der Waals surface area contributed by atoms with E-state index in [4.69, 9.17) is 0 Å². The van der Waals surface area contributed by atoms with Crippen molar-refractivity contribution in [2.24, 2.45) is 0 Å². The molecular formula is C21H18N4O4. The maximum Gasteiger partial charge on any atom is 0.328 e. The number of non-ortho nitro benzene ring substituents is 1. The molecule has 1 aliphatic heterocycles. The number of aromatic nitrogens is 1. The number of fused-ring (bicyclic) bond motifs is 1. The van der Waals surface area contributed by atoms with Gasteiger partial charge in [-0.1, -0.05) is 30.3 Å². The molecule has 0 atom stereocenters. The largest absolute Gasteiger partial charge is 0.342 e. The summed E-state index contributed by atoms with van der Waals surface area (Å²) in [7, 11) is 0. The van der Waals surface area contributed by atoms with Crippen LogP contribution in [-0.4, -0.2) is 32.9 Å². The number of benzene rings is 2. The minimum absolute atomic E-state index is 0.0486. The van der Waals surface area contributed by atoms with Gasteiger partial charge < -0.3 is 9.88 Å². The van der Waals surface area contributed by atoms with Gasteiger partial charge in [0.25, 0.3) is 11.6 Å². The van der Waals surface area contributed by atoms with E-state index in [0.717, 1.165) is 26.9 Å². The highest BCUT2D eigenvalue weighted by Gasteiger charge is 2.32. The lowest BCUT2D eigenvalue weighted by Crippen LogP contribution is -2.30. The lowest BCUT2D eigenvalue weighted by Gasteiger charge is -2.05. The molecule has 29 heavy (non-hydrogen) atoms. The summed E-state index contributed by atoms with van der Waals surface area (Å²) in [5.74, 6) is -0.343. The van der Waals surface area contributed by atoms with Crippen LogP contribution in [0.5, 0.6) is 0 Å². The Balaban J connectivity index is 1.71. The first kappa shape index (κ1) is 18.4. The average Bonchev–Trinajstić information content (AvgIpc) is 3.19. The zero-order chi connectivity index (χ0) is 20.5. The smallest absolute Gasteiger partial charge is 0.328 e. The number of para-hydroxylation sites is 1. The van der Waals surface area contributed by atoms with Crippen LogP contribution in [0.15, 0.2) is 60.4 Å². The number of amides is 3. The van der Waals surface area contributed by atoms with Gasteiger partial charge in [0.2, 0.25) is 0 Å². The van der Waals surface area contributed by atoms with Crippen molar-refractivity contribution in [1.29, 1.82) is 0 Å². The molecule has 1 fully saturated rings. The van der Waals surface area contributed by atoms with Gasteiger partial charge in [-0.25, -0.2) is 4.79 Å². The molecule has 3 aromatic rings. The molecule has 0 radical (unpaired) electrons. The molecule has 3 amide bonds. The van der Waals surface area contributed by atoms with Crippen molar-refractivity contribution in [2.75, 3.05) is 6.54 Å². The van der Waals surface area contributed by atoms with Crippen molar-refractivity contribution >= 4 is 34.6 Å². The average molecular weight is 390 g/mol. The fourth-order valence-electron chi connectivity index (χ4n) is 3.46. The third-order valence-corrected chi connectivity index (χ3v) is 4.90. The van der Waals surface area contributed by atoms with E-state index in [1.807, 2.05) is 35.0 Å². The normalized spacial score (nSPS) is 15.3. The van der Waals surface area contributed by atoms with Crippen molar-refractivity contribution in [3.05, 3.63) is 81.7 Å². The summed E-state index contributed by atoms with van der Waals surface area (Å²) < 4.78 is 2.02. The fraction of sp³-hybridized carbons (Fsp3) is 0.143. The minimum Gasteiger partial charge on any atom is -0.342 e. The number of carbonyl (C=O) groups excluding carboxylic acids is 2. The molecule has 1 aliphatic rings. The van der Waals surface area contributed by atoms with E-state index >= 15 is 0 Å². The monoisotopic (exact) mass is 390 g/mol. The van der Waals surface area contributed by atoms with Gasteiger partial charge in [-0.2, -0.15) is 0 Å². The summed E-state index contributed by atoms with van der Waals surface area (Å²) >= 11 is 0. The number of urea groups is 1. The molecular weight excluding hydrogens is 372 g/mol. The second kappa shape index (κ2) is 7.23. The predicted molar refractivity (Wildman–Crippen MR) is 108 cm³/mol. The van der Waals surface area contributed by atoms with E-state index in [9.17, 15) is 19.7 Å². The quantitative estimate of drug-likeness (QED) is 0.312. The highest BCUT2D eigenvalue weighted by molar-refractivity contribution is 6.14. The van der Waals surface area contributed by atoms with E-state index < -0.39 is 11.0 Å². The topological polar surface area (TPSA) is 97.5 Å². The number of nitrogens with one attached hydrogen (secondary N) is 1. The van der Waals surface area contributed by atoms with Crippen LogP contribution in [0.1, 0.15) is 18.1 Å². The number of hydrogen-bond donors (Lipinski definition) is 1. The number of hydrogen-bond acceptors (Lipinski definition) is 4. The molecule has 4 rings (SSSR count). The molecule has 2 heterocycles. The van der Waals surface area contributed by atoms with Crippen LogP contribution in [0.3, 0.4) is 0 Å². The van der Waals surface area contributed by atoms with Gasteiger partial charge in [0.1, 0.15) is 5.70 Å². The van der Waals surface area contributed by atoms with E-state index in [2.05, 4.69) is 5.32 Å². The van der Waals surface area contributed by atoms with Crippen molar-refractivity contribution in [2.45, 2.75) is 13.5 Å². The zero-order valence-corrected chi connectivity index (χ0v) is 15.7. The molecule has 0 spiro atoms. The second-order valence-electron chi connectivity index (χ2n) is 6.69. The summed E-state index contributed by atoms with van der Waals surface area (Å²) in [6.45, 7) is 2.57. The summed E-state index contributed by atoms with van der Waals surface area (Å²) in [4.78, 5) is 35.9. The van der Waals surface area contributed by atoms with Gasteiger partial charge in [-0.15, -0.1) is 0 Å². The van der Waals surface area contributed by atoms with Crippen LogP contribution in [0.4, 0.5) is 10.5 Å². The lowest BCUT2D eigenvalue weighted by molar-refractivity contribution is -0.384.